The maximum absolute atomic E-state index is 13.3. The Labute approximate surface area is 212 Å². The van der Waals surface area contributed by atoms with Crippen molar-refractivity contribution >= 4 is 41.0 Å². The number of aryl methyl sites for hydroxylation is 1. The SMILES string of the molecule is O=C(CSc1nc2c(c(=O)n1-c1ccc(Cl)cc1)SCC2)N1CCC(Cc2ccccc2)CC1. The van der Waals surface area contributed by atoms with E-state index < -0.39 is 0 Å². The second-order valence-corrected chi connectivity index (χ2v) is 11.2. The molecule has 5 nitrogen and oxygen atoms in total. The molecule has 1 amide bonds. The topological polar surface area (TPSA) is 55.2 Å². The summed E-state index contributed by atoms with van der Waals surface area (Å²) in [5, 5.41) is 1.18. The molecule has 0 N–H and O–H groups in total. The molecule has 176 valence electrons. The highest BCUT2D eigenvalue weighted by atomic mass is 35.5. The molecule has 1 fully saturated rings. The van der Waals surface area contributed by atoms with Crippen LogP contribution in [0.3, 0.4) is 0 Å². The standard InChI is InChI=1S/C26H26ClN3O2S2/c27-20-6-8-21(9-7-20)30-25(32)24-22(12-15-33-24)28-26(30)34-17-23(31)29-13-10-19(11-14-29)16-18-4-2-1-3-5-18/h1-9,19H,10-17H2. The van der Waals surface area contributed by atoms with Crippen molar-refractivity contribution in [2.24, 2.45) is 5.92 Å². The van der Waals surface area contributed by atoms with Gasteiger partial charge in [-0.25, -0.2) is 4.98 Å². The van der Waals surface area contributed by atoms with Gasteiger partial charge in [0.05, 0.1) is 22.0 Å². The Morgan fingerprint density at radius 3 is 2.56 bits per heavy atom. The number of nitrogens with zero attached hydrogens (tertiary/aromatic N) is 3. The van der Waals surface area contributed by atoms with Crippen molar-refractivity contribution in [2.45, 2.75) is 35.7 Å². The molecular formula is C26H26ClN3O2S2. The molecule has 0 unspecified atom stereocenters. The summed E-state index contributed by atoms with van der Waals surface area (Å²) in [5.74, 6) is 1.86. The lowest BCUT2D eigenvalue weighted by Gasteiger charge is -2.32. The van der Waals surface area contributed by atoms with E-state index in [9.17, 15) is 9.59 Å². The average Bonchev–Trinajstić information content (AvgIpc) is 3.34. The molecule has 1 aromatic heterocycles. The molecule has 1 saturated heterocycles. The minimum absolute atomic E-state index is 0.0634. The zero-order valence-corrected chi connectivity index (χ0v) is 21.2. The third-order valence-electron chi connectivity index (χ3n) is 6.41. The van der Waals surface area contributed by atoms with Crippen molar-refractivity contribution in [2.75, 3.05) is 24.6 Å². The monoisotopic (exact) mass is 511 g/mol. The molecule has 2 aliphatic rings. The van der Waals surface area contributed by atoms with Gasteiger partial charge in [-0.05, 0) is 55.0 Å². The number of halogens is 1. The zero-order chi connectivity index (χ0) is 23.5. The maximum atomic E-state index is 13.3. The van der Waals surface area contributed by atoms with Crippen molar-refractivity contribution in [3.63, 3.8) is 0 Å². The minimum Gasteiger partial charge on any atom is -0.342 e. The molecule has 0 bridgehead atoms. The summed E-state index contributed by atoms with van der Waals surface area (Å²) in [7, 11) is 0. The lowest BCUT2D eigenvalue weighted by Crippen LogP contribution is -2.40. The lowest BCUT2D eigenvalue weighted by molar-refractivity contribution is -0.129. The third-order valence-corrected chi connectivity index (χ3v) is 8.69. The van der Waals surface area contributed by atoms with E-state index >= 15 is 0 Å². The molecule has 2 aliphatic heterocycles. The van der Waals surface area contributed by atoms with Gasteiger partial charge in [-0.15, -0.1) is 11.8 Å². The number of aromatic nitrogens is 2. The Morgan fingerprint density at radius 1 is 1.09 bits per heavy atom. The van der Waals surface area contributed by atoms with Gasteiger partial charge in [0.2, 0.25) is 5.91 Å². The molecule has 0 spiro atoms. The molecule has 0 atom stereocenters. The van der Waals surface area contributed by atoms with E-state index in [1.54, 1.807) is 28.5 Å². The van der Waals surface area contributed by atoms with Gasteiger partial charge in [0, 0.05) is 30.3 Å². The summed E-state index contributed by atoms with van der Waals surface area (Å²) in [6.45, 7) is 1.57. The molecule has 8 heteroatoms. The zero-order valence-electron chi connectivity index (χ0n) is 18.8. The van der Waals surface area contributed by atoms with Crippen LogP contribution in [-0.2, 0) is 17.6 Å². The van der Waals surface area contributed by atoms with Gasteiger partial charge in [-0.3, -0.25) is 14.2 Å². The normalized spacial score (nSPS) is 16.0. The third kappa shape index (κ3) is 5.21. The van der Waals surface area contributed by atoms with Gasteiger partial charge in [0.15, 0.2) is 5.16 Å². The van der Waals surface area contributed by atoms with Gasteiger partial charge >= 0.3 is 0 Å². The molecule has 2 aromatic carbocycles. The summed E-state index contributed by atoms with van der Waals surface area (Å²) in [6, 6.07) is 17.7. The first-order valence-corrected chi connectivity index (χ1v) is 13.9. The summed E-state index contributed by atoms with van der Waals surface area (Å²) < 4.78 is 1.62. The number of likely N-dealkylation sites (tertiary alicyclic amines) is 1. The Hall–Kier alpha value is -2.22. The van der Waals surface area contributed by atoms with E-state index in [2.05, 4.69) is 24.3 Å². The van der Waals surface area contributed by atoms with Crippen LogP contribution < -0.4 is 5.56 Å². The van der Waals surface area contributed by atoms with Gasteiger partial charge in [-0.1, -0.05) is 53.7 Å². The highest BCUT2D eigenvalue weighted by Gasteiger charge is 2.26. The Balaban J connectivity index is 1.26. The van der Waals surface area contributed by atoms with Crippen LogP contribution in [0.25, 0.3) is 5.69 Å². The summed E-state index contributed by atoms with van der Waals surface area (Å²) >= 11 is 8.96. The predicted octanol–water partition coefficient (Wildman–Crippen LogP) is 5.11. The molecule has 3 aromatic rings. The average molecular weight is 512 g/mol. The Morgan fingerprint density at radius 2 is 1.82 bits per heavy atom. The number of hydrogen-bond acceptors (Lipinski definition) is 5. The lowest BCUT2D eigenvalue weighted by atomic mass is 9.90. The summed E-state index contributed by atoms with van der Waals surface area (Å²) in [4.78, 5) is 33.7. The smallest absolute Gasteiger partial charge is 0.272 e. The minimum atomic E-state index is -0.0634. The van der Waals surface area contributed by atoms with E-state index in [0.717, 1.165) is 50.2 Å². The number of rotatable bonds is 6. The van der Waals surface area contributed by atoms with E-state index in [1.165, 1.54) is 17.3 Å². The van der Waals surface area contributed by atoms with Crippen LogP contribution in [0.4, 0.5) is 0 Å². The fourth-order valence-corrected chi connectivity index (χ4v) is 6.64. The number of carbonyl (C=O) groups excluding carboxylic acids is 1. The fourth-order valence-electron chi connectivity index (χ4n) is 4.56. The van der Waals surface area contributed by atoms with Crippen molar-refractivity contribution in [1.29, 1.82) is 0 Å². The largest absolute Gasteiger partial charge is 0.342 e. The van der Waals surface area contributed by atoms with Gasteiger partial charge in [0.1, 0.15) is 0 Å². The maximum Gasteiger partial charge on any atom is 0.272 e. The predicted molar refractivity (Wildman–Crippen MR) is 139 cm³/mol. The van der Waals surface area contributed by atoms with Crippen LogP contribution in [0, 0.1) is 5.92 Å². The first kappa shape index (κ1) is 23.5. The van der Waals surface area contributed by atoms with Gasteiger partial charge in [-0.2, -0.15) is 0 Å². The van der Waals surface area contributed by atoms with Crippen molar-refractivity contribution in [1.82, 2.24) is 14.5 Å². The number of piperidine rings is 1. The molecule has 34 heavy (non-hydrogen) atoms. The van der Waals surface area contributed by atoms with Gasteiger partial charge < -0.3 is 4.90 Å². The quantitative estimate of drug-likeness (QED) is 0.340. The van der Waals surface area contributed by atoms with Crippen LogP contribution in [0.2, 0.25) is 5.02 Å². The first-order chi connectivity index (χ1) is 16.6. The number of fused-ring (bicyclic) bond motifs is 1. The van der Waals surface area contributed by atoms with Crippen LogP contribution in [0.1, 0.15) is 24.1 Å². The molecular weight excluding hydrogens is 486 g/mol. The van der Waals surface area contributed by atoms with Crippen molar-refractivity contribution in [3.05, 3.63) is 81.2 Å². The van der Waals surface area contributed by atoms with E-state index in [4.69, 9.17) is 16.6 Å². The molecule has 0 radical (unpaired) electrons. The van der Waals surface area contributed by atoms with Gasteiger partial charge in [0.25, 0.3) is 5.56 Å². The van der Waals surface area contributed by atoms with E-state index in [0.29, 0.717) is 26.7 Å². The second kappa shape index (κ2) is 10.6. The van der Waals surface area contributed by atoms with E-state index in [-0.39, 0.29) is 17.2 Å². The first-order valence-electron chi connectivity index (χ1n) is 11.6. The second-order valence-electron chi connectivity index (χ2n) is 8.69. The molecule has 5 rings (SSSR count). The van der Waals surface area contributed by atoms with Crippen molar-refractivity contribution in [3.8, 4) is 5.69 Å². The Bertz CT molecular complexity index is 1220. The number of hydrogen-bond donors (Lipinski definition) is 0. The van der Waals surface area contributed by atoms with E-state index in [1.807, 2.05) is 23.1 Å². The summed E-state index contributed by atoms with van der Waals surface area (Å²) in [6.07, 6.45) is 3.90. The molecule has 3 heterocycles. The number of thioether (sulfide) groups is 2. The number of carbonyl (C=O) groups is 1. The van der Waals surface area contributed by atoms with Crippen LogP contribution in [0.5, 0.6) is 0 Å². The van der Waals surface area contributed by atoms with Crippen LogP contribution in [0.15, 0.2) is 69.4 Å². The highest BCUT2D eigenvalue weighted by molar-refractivity contribution is 8.00. The molecule has 0 aliphatic carbocycles. The summed E-state index contributed by atoms with van der Waals surface area (Å²) in [5.41, 5.74) is 2.86. The Kier molecular flexibility index (Phi) is 7.32. The number of benzene rings is 2. The van der Waals surface area contributed by atoms with Crippen LogP contribution >= 0.6 is 35.1 Å². The molecule has 0 saturated carbocycles. The fraction of sp³-hybridized carbons (Fsp3) is 0.346. The van der Waals surface area contributed by atoms with Crippen LogP contribution in [-0.4, -0.2) is 45.0 Å². The highest BCUT2D eigenvalue weighted by Crippen LogP contribution is 2.30. The van der Waals surface area contributed by atoms with Crippen molar-refractivity contribution < 1.29 is 4.79 Å². The number of amides is 1.